The first kappa shape index (κ1) is 22.0. The second-order valence-electron chi connectivity index (χ2n) is 8.20. The lowest BCUT2D eigenvalue weighted by Crippen LogP contribution is -2.40. The van der Waals surface area contributed by atoms with Gasteiger partial charge in [-0.15, -0.1) is 0 Å². The predicted molar refractivity (Wildman–Crippen MR) is 129 cm³/mol. The molecule has 34 heavy (non-hydrogen) atoms. The summed E-state index contributed by atoms with van der Waals surface area (Å²) in [5, 5.41) is 5.97. The van der Waals surface area contributed by atoms with Gasteiger partial charge >= 0.3 is 0 Å². The van der Waals surface area contributed by atoms with Crippen LogP contribution in [0.25, 0.3) is 27.8 Å². The number of pyridine rings is 2. The van der Waals surface area contributed by atoms with Gasteiger partial charge in [0.2, 0.25) is 5.91 Å². The quantitative estimate of drug-likeness (QED) is 0.409. The van der Waals surface area contributed by atoms with E-state index >= 15 is 4.39 Å². The van der Waals surface area contributed by atoms with E-state index < -0.39 is 5.82 Å². The van der Waals surface area contributed by atoms with Crippen molar-refractivity contribution in [1.29, 1.82) is 0 Å². The van der Waals surface area contributed by atoms with Gasteiger partial charge in [0, 0.05) is 61.0 Å². The number of benzene rings is 1. The van der Waals surface area contributed by atoms with Gasteiger partial charge in [-0.2, -0.15) is 5.10 Å². The Morgan fingerprint density at radius 3 is 2.74 bits per heavy atom. The van der Waals surface area contributed by atoms with Crippen molar-refractivity contribution in [3.8, 4) is 16.9 Å². The third kappa shape index (κ3) is 3.90. The molecule has 4 aromatic rings. The molecule has 9 heteroatoms. The number of nitrogens with zero attached hydrogens (tertiary/aromatic N) is 5. The number of fused-ring (bicyclic) bond motifs is 1. The van der Waals surface area contributed by atoms with E-state index in [0.29, 0.717) is 46.0 Å². The van der Waals surface area contributed by atoms with Gasteiger partial charge in [0.15, 0.2) is 5.43 Å². The first-order valence-corrected chi connectivity index (χ1v) is 11.3. The fourth-order valence-electron chi connectivity index (χ4n) is 4.44. The fourth-order valence-corrected chi connectivity index (χ4v) is 4.69. The topological polar surface area (TPSA) is 73.0 Å². The van der Waals surface area contributed by atoms with Crippen molar-refractivity contribution in [3.63, 3.8) is 0 Å². The molecule has 1 aromatic carbocycles. The van der Waals surface area contributed by atoms with E-state index in [4.69, 9.17) is 16.7 Å². The lowest BCUT2D eigenvalue weighted by atomic mass is 10.1. The van der Waals surface area contributed by atoms with Crippen LogP contribution in [-0.2, 0) is 4.79 Å². The van der Waals surface area contributed by atoms with Crippen LogP contribution in [0.15, 0.2) is 72.6 Å². The summed E-state index contributed by atoms with van der Waals surface area (Å²) >= 11 is 6.53. The van der Waals surface area contributed by atoms with Gasteiger partial charge in [-0.3, -0.25) is 19.3 Å². The highest BCUT2D eigenvalue weighted by Gasteiger charge is 2.27. The molecular weight excluding hydrogens is 457 g/mol. The fraction of sp³-hybridized carbons (Fsp3) is 0.200. The maximum absolute atomic E-state index is 15.1. The van der Waals surface area contributed by atoms with Crippen LogP contribution in [-0.4, -0.2) is 43.2 Å². The number of amides is 1. The van der Waals surface area contributed by atoms with Gasteiger partial charge in [-0.05, 0) is 31.1 Å². The molecule has 0 bridgehead atoms. The Bertz CT molecular complexity index is 1460. The third-order valence-electron chi connectivity index (χ3n) is 6.09. The SMILES string of the molecule is C=CC(=O)N1CCCC(n2nc(-c3ccc(-n4ccc(=O)cc4)c(F)c3)c3cncc(Cl)c32)C1. The van der Waals surface area contributed by atoms with Gasteiger partial charge in [-0.1, -0.05) is 24.2 Å². The van der Waals surface area contributed by atoms with E-state index in [-0.39, 0.29) is 17.4 Å². The highest BCUT2D eigenvalue weighted by molar-refractivity contribution is 6.35. The largest absolute Gasteiger partial charge is 0.337 e. The molecule has 1 unspecified atom stereocenters. The summed E-state index contributed by atoms with van der Waals surface area (Å²) in [6, 6.07) is 7.50. The molecule has 1 aliphatic heterocycles. The zero-order chi connectivity index (χ0) is 23.8. The van der Waals surface area contributed by atoms with Crippen molar-refractivity contribution in [2.45, 2.75) is 18.9 Å². The van der Waals surface area contributed by atoms with Crippen molar-refractivity contribution in [3.05, 3.63) is 88.8 Å². The first-order chi connectivity index (χ1) is 16.5. The predicted octanol–water partition coefficient (Wildman–Crippen LogP) is 4.39. The minimum atomic E-state index is -0.459. The number of likely N-dealkylation sites (tertiary alicyclic amines) is 1. The number of hydrogen-bond donors (Lipinski definition) is 0. The highest BCUT2D eigenvalue weighted by Crippen LogP contribution is 2.36. The van der Waals surface area contributed by atoms with Gasteiger partial charge in [0.1, 0.15) is 11.5 Å². The molecule has 0 N–H and O–H groups in total. The Morgan fingerprint density at radius 1 is 1.21 bits per heavy atom. The van der Waals surface area contributed by atoms with Gasteiger partial charge < -0.3 is 9.47 Å². The van der Waals surface area contributed by atoms with E-state index in [1.807, 2.05) is 4.68 Å². The molecule has 172 valence electrons. The van der Waals surface area contributed by atoms with Crippen molar-refractivity contribution < 1.29 is 9.18 Å². The van der Waals surface area contributed by atoms with Gasteiger partial charge in [-0.25, -0.2) is 4.39 Å². The lowest BCUT2D eigenvalue weighted by Gasteiger charge is -2.32. The van der Waals surface area contributed by atoms with Crippen molar-refractivity contribution in [2.75, 3.05) is 13.1 Å². The summed E-state index contributed by atoms with van der Waals surface area (Å²) in [6.07, 6.45) is 9.24. The second kappa shape index (κ2) is 8.87. The smallest absolute Gasteiger partial charge is 0.246 e. The van der Waals surface area contributed by atoms with E-state index in [1.54, 1.807) is 34.0 Å². The molecule has 0 spiro atoms. The minimum absolute atomic E-state index is 0.0842. The van der Waals surface area contributed by atoms with Crippen LogP contribution in [0.3, 0.4) is 0 Å². The Morgan fingerprint density at radius 2 is 2.00 bits per heavy atom. The standard InChI is InChI=1S/C25H21ClFN5O2/c1-2-23(34)31-9-3-4-17(15-31)32-25-19(13-28-14-20(25)26)24(29-32)16-5-6-22(21(27)12-16)30-10-7-18(33)8-11-30/h2,5-8,10-14,17H,1,3-4,9,15H2. The average molecular weight is 478 g/mol. The first-order valence-electron chi connectivity index (χ1n) is 10.9. The highest BCUT2D eigenvalue weighted by atomic mass is 35.5. The van der Waals surface area contributed by atoms with Gasteiger partial charge in [0.05, 0.1) is 22.3 Å². The summed E-state index contributed by atoms with van der Waals surface area (Å²) in [4.78, 5) is 29.5. The zero-order valence-electron chi connectivity index (χ0n) is 18.2. The molecule has 0 radical (unpaired) electrons. The van der Waals surface area contributed by atoms with Crippen molar-refractivity contribution in [1.82, 2.24) is 24.2 Å². The summed E-state index contributed by atoms with van der Waals surface area (Å²) in [5.74, 6) is -0.575. The molecule has 1 fully saturated rings. The lowest BCUT2D eigenvalue weighted by molar-refractivity contribution is -0.127. The normalized spacial score (nSPS) is 16.1. The van der Waals surface area contributed by atoms with Crippen LogP contribution in [0.2, 0.25) is 5.02 Å². The molecule has 3 aromatic heterocycles. The maximum atomic E-state index is 15.1. The number of hydrogen-bond acceptors (Lipinski definition) is 4. The van der Waals surface area contributed by atoms with Gasteiger partial charge in [0.25, 0.3) is 0 Å². The number of rotatable bonds is 4. The molecule has 1 aliphatic rings. The van der Waals surface area contributed by atoms with Crippen LogP contribution in [0, 0.1) is 5.82 Å². The van der Waals surface area contributed by atoms with Crippen LogP contribution >= 0.6 is 11.6 Å². The Hall–Kier alpha value is -3.78. The molecule has 4 heterocycles. The average Bonchev–Trinajstić information content (AvgIpc) is 3.25. The summed E-state index contributed by atoms with van der Waals surface area (Å²) < 4.78 is 18.5. The molecular formula is C25H21ClFN5O2. The zero-order valence-corrected chi connectivity index (χ0v) is 19.0. The molecule has 1 atom stereocenters. The van der Waals surface area contributed by atoms with Crippen LogP contribution in [0.4, 0.5) is 4.39 Å². The number of piperidine rings is 1. The summed E-state index contributed by atoms with van der Waals surface area (Å²) in [5.41, 5.74) is 2.00. The number of carbonyl (C=O) groups excluding carboxylic acids is 1. The summed E-state index contributed by atoms with van der Waals surface area (Å²) in [6.45, 7) is 4.74. The molecule has 7 nitrogen and oxygen atoms in total. The number of carbonyl (C=O) groups is 1. The number of aromatic nitrogens is 4. The summed E-state index contributed by atoms with van der Waals surface area (Å²) in [7, 11) is 0. The van der Waals surface area contributed by atoms with E-state index in [2.05, 4.69) is 11.6 Å². The third-order valence-corrected chi connectivity index (χ3v) is 6.37. The molecule has 0 aliphatic carbocycles. The van der Waals surface area contributed by atoms with Crippen molar-refractivity contribution in [2.24, 2.45) is 0 Å². The molecule has 0 saturated carbocycles. The van der Waals surface area contributed by atoms with E-state index in [9.17, 15) is 9.59 Å². The molecule has 5 rings (SSSR count). The van der Waals surface area contributed by atoms with E-state index in [1.165, 1.54) is 36.7 Å². The van der Waals surface area contributed by atoms with E-state index in [0.717, 1.165) is 12.8 Å². The Kier molecular flexibility index (Phi) is 5.75. The minimum Gasteiger partial charge on any atom is -0.337 e. The van der Waals surface area contributed by atoms with Crippen LogP contribution in [0.1, 0.15) is 18.9 Å². The van der Waals surface area contributed by atoms with Crippen LogP contribution < -0.4 is 5.43 Å². The maximum Gasteiger partial charge on any atom is 0.246 e. The second-order valence-corrected chi connectivity index (χ2v) is 8.61. The van der Waals surface area contributed by atoms with Crippen LogP contribution in [0.5, 0.6) is 0 Å². The number of halogens is 2. The Balaban J connectivity index is 1.59. The monoisotopic (exact) mass is 477 g/mol. The Labute approximate surface area is 199 Å². The molecule has 1 saturated heterocycles. The molecule has 1 amide bonds. The van der Waals surface area contributed by atoms with Crippen molar-refractivity contribution >= 4 is 28.4 Å².